The number of rotatable bonds is 4. The Kier molecular flexibility index (Phi) is 4.76. The average molecular weight is 419 g/mol. The number of carbonyl (C=O) groups is 1. The summed E-state index contributed by atoms with van der Waals surface area (Å²) in [5, 5.41) is 0. The fraction of sp³-hybridized carbons (Fsp3) is 0.111. The van der Waals surface area contributed by atoms with Gasteiger partial charge in [-0.1, -0.05) is 18.2 Å². The predicted molar refractivity (Wildman–Crippen MR) is 97.4 cm³/mol. The van der Waals surface area contributed by atoms with E-state index >= 15 is 0 Å². The fourth-order valence-corrected chi connectivity index (χ4v) is 2.52. The monoisotopic (exact) mass is 419 g/mol. The lowest BCUT2D eigenvalue weighted by atomic mass is 10.1. The molecule has 0 fully saturated rings. The lowest BCUT2D eigenvalue weighted by Gasteiger charge is -2.06. The molecule has 0 aliphatic carbocycles. The Bertz CT molecular complexity index is 794. The van der Waals surface area contributed by atoms with E-state index in [2.05, 4.69) is 27.6 Å². The minimum Gasteiger partial charge on any atom is -0.493 e. The molecular formula is C18H14INO3. The number of ether oxygens (including phenoxy) is 2. The van der Waals surface area contributed by atoms with E-state index in [1.54, 1.807) is 6.08 Å². The van der Waals surface area contributed by atoms with Crippen molar-refractivity contribution in [3.8, 4) is 5.75 Å². The smallest absolute Gasteiger partial charge is 0.363 e. The van der Waals surface area contributed by atoms with Crippen molar-refractivity contribution in [2.75, 3.05) is 6.61 Å². The third-order valence-corrected chi connectivity index (χ3v) is 3.94. The summed E-state index contributed by atoms with van der Waals surface area (Å²) < 4.78 is 11.9. The van der Waals surface area contributed by atoms with Gasteiger partial charge < -0.3 is 9.47 Å². The topological polar surface area (TPSA) is 47.9 Å². The molecule has 5 heteroatoms. The van der Waals surface area contributed by atoms with Gasteiger partial charge in [0.15, 0.2) is 5.70 Å². The Labute approximate surface area is 148 Å². The summed E-state index contributed by atoms with van der Waals surface area (Å²) in [5.74, 6) is 0.588. The molecule has 0 unspecified atom stereocenters. The van der Waals surface area contributed by atoms with E-state index in [4.69, 9.17) is 9.47 Å². The first-order valence-electron chi connectivity index (χ1n) is 7.17. The molecule has 1 heterocycles. The van der Waals surface area contributed by atoms with Gasteiger partial charge in [0, 0.05) is 14.7 Å². The molecule has 0 bridgehead atoms. The number of aliphatic imine (C=N–C) groups is 1. The summed E-state index contributed by atoms with van der Waals surface area (Å²) in [4.78, 5) is 16.4. The van der Waals surface area contributed by atoms with Crippen LogP contribution < -0.4 is 4.74 Å². The highest BCUT2D eigenvalue weighted by Crippen LogP contribution is 2.24. The zero-order valence-corrected chi connectivity index (χ0v) is 14.6. The molecule has 23 heavy (non-hydrogen) atoms. The van der Waals surface area contributed by atoms with Crippen LogP contribution in [-0.4, -0.2) is 18.5 Å². The van der Waals surface area contributed by atoms with Crippen LogP contribution in [0.5, 0.6) is 5.75 Å². The second kappa shape index (κ2) is 6.95. The van der Waals surface area contributed by atoms with Crippen molar-refractivity contribution in [3.05, 3.63) is 68.9 Å². The molecule has 4 nitrogen and oxygen atoms in total. The lowest BCUT2D eigenvalue weighted by molar-refractivity contribution is -0.129. The van der Waals surface area contributed by atoms with Gasteiger partial charge in [0.05, 0.1) is 6.61 Å². The molecule has 0 saturated heterocycles. The number of esters is 1. The van der Waals surface area contributed by atoms with Crippen LogP contribution in [0.15, 0.2) is 59.2 Å². The highest BCUT2D eigenvalue weighted by molar-refractivity contribution is 14.1. The largest absolute Gasteiger partial charge is 0.493 e. The van der Waals surface area contributed by atoms with Crippen molar-refractivity contribution in [2.45, 2.75) is 6.92 Å². The van der Waals surface area contributed by atoms with Crippen LogP contribution in [0.25, 0.3) is 6.08 Å². The summed E-state index contributed by atoms with van der Waals surface area (Å²) in [6, 6.07) is 15.2. The summed E-state index contributed by atoms with van der Waals surface area (Å²) in [6.07, 6.45) is 1.69. The van der Waals surface area contributed by atoms with Crippen LogP contribution in [-0.2, 0) is 9.53 Å². The van der Waals surface area contributed by atoms with E-state index in [0.717, 1.165) is 14.7 Å². The van der Waals surface area contributed by atoms with E-state index in [1.165, 1.54) is 0 Å². The molecule has 0 amide bonds. The van der Waals surface area contributed by atoms with Crippen LogP contribution >= 0.6 is 22.6 Å². The Morgan fingerprint density at radius 1 is 1.17 bits per heavy atom. The molecule has 0 saturated carbocycles. The maximum absolute atomic E-state index is 12.1. The van der Waals surface area contributed by atoms with Gasteiger partial charge in [0.25, 0.3) is 0 Å². The van der Waals surface area contributed by atoms with E-state index in [-0.39, 0.29) is 5.70 Å². The quantitative estimate of drug-likeness (QED) is 0.427. The molecular weight excluding hydrogens is 405 g/mol. The zero-order valence-electron chi connectivity index (χ0n) is 12.5. The first kappa shape index (κ1) is 15.7. The van der Waals surface area contributed by atoms with Gasteiger partial charge in [-0.15, -0.1) is 0 Å². The molecule has 1 aliphatic rings. The number of cyclic esters (lactones) is 1. The maximum atomic E-state index is 12.1. The Morgan fingerprint density at radius 3 is 2.65 bits per heavy atom. The van der Waals surface area contributed by atoms with E-state index < -0.39 is 5.97 Å². The second-order valence-corrected chi connectivity index (χ2v) is 6.06. The van der Waals surface area contributed by atoms with Crippen LogP contribution in [0.4, 0.5) is 0 Å². The molecule has 116 valence electrons. The van der Waals surface area contributed by atoms with Gasteiger partial charge in [0.2, 0.25) is 5.90 Å². The van der Waals surface area contributed by atoms with Gasteiger partial charge in [-0.05, 0) is 65.9 Å². The first-order valence-corrected chi connectivity index (χ1v) is 8.25. The second-order valence-electron chi connectivity index (χ2n) is 4.81. The van der Waals surface area contributed by atoms with Gasteiger partial charge in [-0.2, -0.15) is 0 Å². The number of hydrogen-bond donors (Lipinski definition) is 0. The van der Waals surface area contributed by atoms with Crippen LogP contribution in [0.2, 0.25) is 0 Å². The third kappa shape index (κ3) is 3.61. The summed E-state index contributed by atoms with van der Waals surface area (Å²) in [6.45, 7) is 2.47. The fourth-order valence-electron chi connectivity index (χ4n) is 2.16. The van der Waals surface area contributed by atoms with Crippen LogP contribution in [0.1, 0.15) is 18.1 Å². The lowest BCUT2D eigenvalue weighted by Crippen LogP contribution is -2.05. The highest BCUT2D eigenvalue weighted by Gasteiger charge is 2.24. The number of carbonyl (C=O) groups excluding carboxylic acids is 1. The van der Waals surface area contributed by atoms with Crippen LogP contribution in [0.3, 0.4) is 0 Å². The third-order valence-electron chi connectivity index (χ3n) is 3.22. The zero-order chi connectivity index (χ0) is 16.2. The standard InChI is InChI=1S/C18H14INO3/c1-2-22-16-6-4-3-5-13(16)11-15-18(21)23-17(20-15)12-7-9-14(19)10-8-12/h3-11H,2H2,1H3. The molecule has 0 atom stereocenters. The maximum Gasteiger partial charge on any atom is 0.363 e. The van der Waals surface area contributed by atoms with Gasteiger partial charge in [-0.25, -0.2) is 9.79 Å². The van der Waals surface area contributed by atoms with Gasteiger partial charge in [0.1, 0.15) is 5.75 Å². The van der Waals surface area contributed by atoms with E-state index in [9.17, 15) is 4.79 Å². The van der Waals surface area contributed by atoms with Crippen molar-refractivity contribution in [1.29, 1.82) is 0 Å². The molecule has 1 aliphatic heterocycles. The molecule has 3 rings (SSSR count). The minimum atomic E-state index is -0.454. The average Bonchev–Trinajstić information content (AvgIpc) is 2.91. The molecule has 0 aromatic heterocycles. The minimum absolute atomic E-state index is 0.269. The highest BCUT2D eigenvalue weighted by atomic mass is 127. The number of hydrogen-bond acceptors (Lipinski definition) is 4. The van der Waals surface area contributed by atoms with Crippen molar-refractivity contribution in [2.24, 2.45) is 4.99 Å². The van der Waals surface area contributed by atoms with Gasteiger partial charge in [-0.3, -0.25) is 0 Å². The summed E-state index contributed by atoms with van der Waals surface area (Å²) in [5.41, 5.74) is 1.85. The molecule has 2 aromatic rings. The van der Waals surface area contributed by atoms with Gasteiger partial charge >= 0.3 is 5.97 Å². The number of halogens is 1. The molecule has 0 radical (unpaired) electrons. The Hall–Kier alpha value is -2.15. The summed E-state index contributed by atoms with van der Waals surface area (Å²) >= 11 is 2.22. The van der Waals surface area contributed by atoms with E-state index in [1.807, 2.05) is 55.5 Å². The van der Waals surface area contributed by atoms with Crippen molar-refractivity contribution in [3.63, 3.8) is 0 Å². The number of nitrogens with zero attached hydrogens (tertiary/aromatic N) is 1. The first-order chi connectivity index (χ1) is 11.2. The van der Waals surface area contributed by atoms with Crippen molar-refractivity contribution in [1.82, 2.24) is 0 Å². The van der Waals surface area contributed by atoms with Crippen LogP contribution in [0, 0.1) is 3.57 Å². The molecule has 0 N–H and O–H groups in total. The predicted octanol–water partition coefficient (Wildman–Crippen LogP) is 4.03. The molecule has 0 spiro atoms. The SMILES string of the molecule is CCOc1ccccc1C=C1N=C(c2ccc(I)cc2)OC1=O. The van der Waals surface area contributed by atoms with Crippen molar-refractivity contribution < 1.29 is 14.3 Å². The normalized spacial score (nSPS) is 15.5. The van der Waals surface area contributed by atoms with E-state index in [0.29, 0.717) is 18.3 Å². The Morgan fingerprint density at radius 2 is 1.91 bits per heavy atom. The molecule has 2 aromatic carbocycles. The van der Waals surface area contributed by atoms with Crippen molar-refractivity contribution >= 4 is 40.5 Å². The number of benzene rings is 2. The number of para-hydroxylation sites is 1. The summed E-state index contributed by atoms with van der Waals surface area (Å²) in [7, 11) is 0. The Balaban J connectivity index is 1.94.